The highest BCUT2D eigenvalue weighted by Gasteiger charge is 2.12. The molecule has 1 aromatic carbocycles. The van der Waals surface area contributed by atoms with Gasteiger partial charge in [-0.15, -0.1) is 0 Å². The molecule has 0 aromatic heterocycles. The zero-order valence-electron chi connectivity index (χ0n) is 11.1. The Morgan fingerprint density at radius 1 is 1.25 bits per heavy atom. The molecule has 3 amide bonds. The summed E-state index contributed by atoms with van der Waals surface area (Å²) in [5, 5.41) is 11.4. The van der Waals surface area contributed by atoms with E-state index in [4.69, 9.17) is 10.8 Å². The van der Waals surface area contributed by atoms with Gasteiger partial charge in [-0.25, -0.2) is 4.79 Å². The third kappa shape index (κ3) is 4.97. The largest absolute Gasteiger partial charge is 0.481 e. The van der Waals surface area contributed by atoms with E-state index in [-0.39, 0.29) is 19.5 Å². The molecule has 4 N–H and O–H groups in total. The number of primary amides is 1. The van der Waals surface area contributed by atoms with Gasteiger partial charge in [0, 0.05) is 13.6 Å². The third-order valence-corrected chi connectivity index (χ3v) is 2.63. The van der Waals surface area contributed by atoms with Crippen LogP contribution in [-0.4, -0.2) is 41.5 Å². The number of nitrogens with zero attached hydrogens (tertiary/aromatic N) is 1. The number of hydrogen-bond acceptors (Lipinski definition) is 3. The van der Waals surface area contributed by atoms with Gasteiger partial charge in [-0.05, 0) is 11.1 Å². The van der Waals surface area contributed by atoms with Crippen molar-refractivity contribution in [3.8, 4) is 0 Å². The summed E-state index contributed by atoms with van der Waals surface area (Å²) in [6, 6.07) is 6.49. The summed E-state index contributed by atoms with van der Waals surface area (Å²) in [6.45, 7) is 0.00793. The Labute approximate surface area is 116 Å². The van der Waals surface area contributed by atoms with Crippen LogP contribution in [0.3, 0.4) is 0 Å². The molecule has 0 aliphatic carbocycles. The maximum atomic E-state index is 11.7. The monoisotopic (exact) mass is 279 g/mol. The molecule has 0 fully saturated rings. The Morgan fingerprint density at radius 2 is 1.85 bits per heavy atom. The van der Waals surface area contributed by atoms with Crippen molar-refractivity contribution < 1.29 is 19.5 Å². The fraction of sp³-hybridized carbons (Fsp3) is 0.308. The second-order valence-corrected chi connectivity index (χ2v) is 4.32. The minimum absolute atomic E-state index is 0.108. The summed E-state index contributed by atoms with van der Waals surface area (Å²) in [4.78, 5) is 34.3. The molecular weight excluding hydrogens is 262 g/mol. The maximum absolute atomic E-state index is 11.7. The van der Waals surface area contributed by atoms with Crippen molar-refractivity contribution in [2.75, 3.05) is 13.6 Å². The summed E-state index contributed by atoms with van der Waals surface area (Å²) in [6.07, 6.45) is -0.108. The highest BCUT2D eigenvalue weighted by atomic mass is 16.4. The summed E-state index contributed by atoms with van der Waals surface area (Å²) >= 11 is 0. The summed E-state index contributed by atoms with van der Waals surface area (Å²) in [7, 11) is 1.45. The van der Waals surface area contributed by atoms with Gasteiger partial charge in [0.15, 0.2) is 0 Å². The molecule has 7 nitrogen and oxygen atoms in total. The van der Waals surface area contributed by atoms with Gasteiger partial charge >= 0.3 is 12.0 Å². The number of benzene rings is 1. The van der Waals surface area contributed by atoms with E-state index in [2.05, 4.69) is 5.32 Å². The third-order valence-electron chi connectivity index (χ3n) is 2.63. The molecule has 0 heterocycles. The van der Waals surface area contributed by atoms with Crippen LogP contribution in [0.1, 0.15) is 11.1 Å². The Morgan fingerprint density at radius 3 is 2.40 bits per heavy atom. The van der Waals surface area contributed by atoms with Gasteiger partial charge in [0.05, 0.1) is 6.42 Å². The number of carboxylic acid groups (broad SMARTS) is 1. The van der Waals surface area contributed by atoms with Crippen molar-refractivity contribution in [2.45, 2.75) is 13.0 Å². The fourth-order valence-corrected chi connectivity index (χ4v) is 1.68. The molecule has 0 aliphatic heterocycles. The number of carboxylic acids is 1. The number of hydrogen-bond donors (Lipinski definition) is 3. The van der Waals surface area contributed by atoms with Gasteiger partial charge in [0.1, 0.15) is 6.54 Å². The highest BCUT2D eigenvalue weighted by Crippen LogP contribution is 2.09. The van der Waals surface area contributed by atoms with E-state index in [0.717, 1.165) is 10.5 Å². The second-order valence-electron chi connectivity index (χ2n) is 4.32. The van der Waals surface area contributed by atoms with Crippen LogP contribution in [0.25, 0.3) is 0 Å². The van der Waals surface area contributed by atoms with Crippen LogP contribution in [0.5, 0.6) is 0 Å². The van der Waals surface area contributed by atoms with Gasteiger partial charge in [0.2, 0.25) is 5.91 Å². The predicted molar refractivity (Wildman–Crippen MR) is 71.8 cm³/mol. The standard InChI is InChI=1S/C13H17N3O4/c1-16(8-11(14)17)13(20)15-7-10-5-3-2-4-9(10)6-12(18)19/h2-5H,6-8H2,1H3,(H2,14,17)(H,15,20)(H,18,19). The van der Waals surface area contributed by atoms with Gasteiger partial charge in [-0.1, -0.05) is 24.3 Å². The molecule has 0 atom stereocenters. The summed E-state index contributed by atoms with van der Waals surface area (Å²) in [5.74, 6) is -1.54. The predicted octanol–water partition coefficient (Wildman–Crippen LogP) is -0.0596. The number of rotatable bonds is 6. The van der Waals surface area contributed by atoms with Crippen molar-refractivity contribution in [3.63, 3.8) is 0 Å². The smallest absolute Gasteiger partial charge is 0.317 e. The fourth-order valence-electron chi connectivity index (χ4n) is 1.68. The zero-order chi connectivity index (χ0) is 15.1. The van der Waals surface area contributed by atoms with Crippen molar-refractivity contribution in [3.05, 3.63) is 35.4 Å². The first-order valence-corrected chi connectivity index (χ1v) is 5.96. The van der Waals surface area contributed by atoms with Gasteiger partial charge in [-0.3, -0.25) is 9.59 Å². The number of carbonyl (C=O) groups is 3. The Bertz CT molecular complexity index is 516. The topological polar surface area (TPSA) is 113 Å². The number of nitrogens with two attached hydrogens (primary N) is 1. The SMILES string of the molecule is CN(CC(N)=O)C(=O)NCc1ccccc1CC(=O)O. The van der Waals surface area contributed by atoms with Crippen molar-refractivity contribution in [2.24, 2.45) is 5.73 Å². The molecule has 0 spiro atoms. The second kappa shape index (κ2) is 7.13. The quantitative estimate of drug-likeness (QED) is 0.677. The molecule has 0 saturated heterocycles. The van der Waals surface area contributed by atoms with Crippen LogP contribution < -0.4 is 11.1 Å². The molecule has 0 saturated carbocycles. The van der Waals surface area contributed by atoms with Crippen LogP contribution in [0.2, 0.25) is 0 Å². The number of likely N-dealkylation sites (N-methyl/N-ethyl adjacent to an activating group) is 1. The van der Waals surface area contributed by atoms with Gasteiger partial charge < -0.3 is 21.1 Å². The summed E-state index contributed by atoms with van der Waals surface area (Å²) < 4.78 is 0. The molecule has 0 bridgehead atoms. The molecule has 7 heteroatoms. The lowest BCUT2D eigenvalue weighted by Crippen LogP contribution is -2.41. The molecule has 0 radical (unpaired) electrons. The Balaban J connectivity index is 2.63. The maximum Gasteiger partial charge on any atom is 0.317 e. The van der Waals surface area contributed by atoms with Gasteiger partial charge in [0.25, 0.3) is 0 Å². The van der Waals surface area contributed by atoms with E-state index < -0.39 is 17.9 Å². The van der Waals surface area contributed by atoms with E-state index >= 15 is 0 Å². The molecule has 0 aliphatic rings. The Hall–Kier alpha value is -2.57. The molecule has 108 valence electrons. The lowest BCUT2D eigenvalue weighted by atomic mass is 10.0. The van der Waals surface area contributed by atoms with Crippen LogP contribution >= 0.6 is 0 Å². The zero-order valence-corrected chi connectivity index (χ0v) is 11.1. The van der Waals surface area contributed by atoms with Crippen LogP contribution in [0.4, 0.5) is 4.79 Å². The first-order chi connectivity index (χ1) is 9.40. The molecule has 0 unspecified atom stereocenters. The number of carbonyl (C=O) groups excluding carboxylic acids is 2. The highest BCUT2D eigenvalue weighted by molar-refractivity contribution is 5.82. The number of nitrogens with one attached hydrogen (secondary N) is 1. The minimum atomic E-state index is -0.936. The number of urea groups is 1. The number of aliphatic carboxylic acids is 1. The molecular formula is C13H17N3O4. The van der Waals surface area contributed by atoms with E-state index in [1.165, 1.54) is 7.05 Å². The van der Waals surface area contributed by atoms with Gasteiger partial charge in [-0.2, -0.15) is 0 Å². The van der Waals surface area contributed by atoms with E-state index in [1.807, 2.05) is 0 Å². The first-order valence-electron chi connectivity index (χ1n) is 5.96. The minimum Gasteiger partial charge on any atom is -0.481 e. The summed E-state index contributed by atoms with van der Waals surface area (Å²) in [5.41, 5.74) is 6.35. The molecule has 1 rings (SSSR count). The lowest BCUT2D eigenvalue weighted by Gasteiger charge is -2.16. The van der Waals surface area contributed by atoms with Crippen LogP contribution in [0.15, 0.2) is 24.3 Å². The lowest BCUT2D eigenvalue weighted by molar-refractivity contribution is -0.136. The van der Waals surface area contributed by atoms with E-state index in [1.54, 1.807) is 24.3 Å². The van der Waals surface area contributed by atoms with Crippen LogP contribution in [0, 0.1) is 0 Å². The molecule has 1 aromatic rings. The van der Waals surface area contributed by atoms with Crippen molar-refractivity contribution in [1.29, 1.82) is 0 Å². The Kier molecular flexibility index (Phi) is 5.52. The first kappa shape index (κ1) is 15.5. The normalized spacial score (nSPS) is 9.85. The average Bonchev–Trinajstić information content (AvgIpc) is 2.35. The number of amides is 3. The van der Waals surface area contributed by atoms with Crippen molar-refractivity contribution in [1.82, 2.24) is 10.2 Å². The van der Waals surface area contributed by atoms with E-state index in [0.29, 0.717) is 5.56 Å². The van der Waals surface area contributed by atoms with E-state index in [9.17, 15) is 14.4 Å². The van der Waals surface area contributed by atoms with Crippen LogP contribution in [-0.2, 0) is 22.6 Å². The molecule has 20 heavy (non-hydrogen) atoms. The van der Waals surface area contributed by atoms with Crippen molar-refractivity contribution >= 4 is 17.9 Å². The average molecular weight is 279 g/mol.